The molecule has 0 saturated carbocycles. The van der Waals surface area contributed by atoms with Crippen molar-refractivity contribution in [3.8, 4) is 11.3 Å². The van der Waals surface area contributed by atoms with E-state index in [2.05, 4.69) is 4.98 Å². The Morgan fingerprint density at radius 2 is 1.74 bits per heavy atom. The fourth-order valence-corrected chi connectivity index (χ4v) is 2.27. The lowest BCUT2D eigenvalue weighted by atomic mass is 10.1. The molecular formula is C16H14N2O. The Morgan fingerprint density at radius 3 is 2.47 bits per heavy atom. The van der Waals surface area contributed by atoms with Gasteiger partial charge in [-0.1, -0.05) is 42.5 Å². The van der Waals surface area contributed by atoms with Crippen molar-refractivity contribution < 1.29 is 0 Å². The number of hydrogen-bond donors (Lipinski definition) is 0. The first-order chi connectivity index (χ1) is 9.18. The quantitative estimate of drug-likeness (QED) is 0.665. The molecule has 3 nitrogen and oxygen atoms in total. The molecule has 3 aromatic rings. The molecule has 2 aromatic carbocycles. The lowest BCUT2D eigenvalue weighted by molar-refractivity contribution is 0.894. The lowest BCUT2D eigenvalue weighted by Gasteiger charge is -2.09. The summed E-state index contributed by atoms with van der Waals surface area (Å²) in [5.74, 6) is 0. The largest absolute Gasteiger partial charge is 0.308 e. The number of nitrogens with zero attached hydrogens (tertiary/aromatic N) is 2. The Morgan fingerprint density at radius 1 is 1.00 bits per heavy atom. The van der Waals surface area contributed by atoms with Crippen molar-refractivity contribution in [1.29, 1.82) is 0 Å². The van der Waals surface area contributed by atoms with E-state index in [1.165, 1.54) is 0 Å². The molecule has 0 aliphatic carbocycles. The van der Waals surface area contributed by atoms with E-state index in [1.807, 2.05) is 55.5 Å². The van der Waals surface area contributed by atoms with E-state index in [0.717, 1.165) is 22.2 Å². The number of aryl methyl sites for hydroxylation is 2. The Bertz CT molecular complexity index is 804. The number of benzene rings is 2. The predicted octanol–water partition coefficient (Wildman–Crippen LogP) is 2.91. The van der Waals surface area contributed by atoms with Crippen molar-refractivity contribution in [1.82, 2.24) is 9.55 Å². The first-order valence-electron chi connectivity index (χ1n) is 6.20. The molecule has 0 saturated heterocycles. The minimum atomic E-state index is -0.0655. The summed E-state index contributed by atoms with van der Waals surface area (Å²) in [7, 11) is 1.79. The van der Waals surface area contributed by atoms with Gasteiger partial charge in [0.2, 0.25) is 0 Å². The number of fused-ring (bicyclic) bond motifs is 1. The van der Waals surface area contributed by atoms with Gasteiger partial charge >= 0.3 is 0 Å². The molecule has 94 valence electrons. The summed E-state index contributed by atoms with van der Waals surface area (Å²) in [6.45, 7) is 2.01. The zero-order valence-corrected chi connectivity index (χ0v) is 10.9. The van der Waals surface area contributed by atoms with Crippen LogP contribution in [-0.2, 0) is 7.05 Å². The highest BCUT2D eigenvalue weighted by Gasteiger charge is 2.11. The fourth-order valence-electron chi connectivity index (χ4n) is 2.27. The van der Waals surface area contributed by atoms with Gasteiger partial charge in [0, 0.05) is 12.6 Å². The maximum absolute atomic E-state index is 12.4. The molecule has 0 bridgehead atoms. The molecule has 0 unspecified atom stereocenters. The van der Waals surface area contributed by atoms with E-state index in [9.17, 15) is 4.79 Å². The molecule has 0 amide bonds. The Labute approximate surface area is 111 Å². The van der Waals surface area contributed by atoms with E-state index in [-0.39, 0.29) is 5.56 Å². The van der Waals surface area contributed by atoms with Crippen LogP contribution >= 0.6 is 0 Å². The van der Waals surface area contributed by atoms with E-state index < -0.39 is 0 Å². The third-order valence-electron chi connectivity index (χ3n) is 3.36. The van der Waals surface area contributed by atoms with Crippen molar-refractivity contribution in [2.24, 2.45) is 7.05 Å². The van der Waals surface area contributed by atoms with Gasteiger partial charge in [-0.05, 0) is 18.6 Å². The fraction of sp³-hybridized carbons (Fsp3) is 0.125. The molecule has 0 aliphatic heterocycles. The molecule has 0 atom stereocenters. The second-order valence-electron chi connectivity index (χ2n) is 4.63. The van der Waals surface area contributed by atoms with Crippen LogP contribution in [0.5, 0.6) is 0 Å². The molecule has 19 heavy (non-hydrogen) atoms. The molecule has 0 spiro atoms. The summed E-state index contributed by atoms with van der Waals surface area (Å²) in [5.41, 5.74) is 4.11. The van der Waals surface area contributed by atoms with Crippen molar-refractivity contribution in [3.63, 3.8) is 0 Å². The van der Waals surface area contributed by atoms with E-state index in [4.69, 9.17) is 0 Å². The SMILES string of the molecule is Cc1cccc2c1nc(-c1ccccc1)c(=O)n2C. The van der Waals surface area contributed by atoms with Crippen LogP contribution in [0.1, 0.15) is 5.56 Å². The van der Waals surface area contributed by atoms with Gasteiger partial charge in [-0.15, -0.1) is 0 Å². The summed E-state index contributed by atoms with van der Waals surface area (Å²) < 4.78 is 1.66. The highest BCUT2D eigenvalue weighted by molar-refractivity contribution is 5.80. The minimum absolute atomic E-state index is 0.0655. The van der Waals surface area contributed by atoms with Crippen molar-refractivity contribution in [3.05, 3.63) is 64.4 Å². The number of aromatic nitrogens is 2. The van der Waals surface area contributed by atoms with Gasteiger partial charge in [-0.2, -0.15) is 0 Å². The van der Waals surface area contributed by atoms with Crippen LogP contribution < -0.4 is 5.56 Å². The number of hydrogen-bond acceptors (Lipinski definition) is 2. The highest BCUT2D eigenvalue weighted by Crippen LogP contribution is 2.19. The third-order valence-corrected chi connectivity index (χ3v) is 3.36. The van der Waals surface area contributed by atoms with Crippen LogP contribution in [0.25, 0.3) is 22.3 Å². The number of rotatable bonds is 1. The molecule has 3 rings (SSSR count). The topological polar surface area (TPSA) is 34.9 Å². The van der Waals surface area contributed by atoms with Gasteiger partial charge in [0.05, 0.1) is 11.0 Å². The molecule has 1 aromatic heterocycles. The normalized spacial score (nSPS) is 10.8. The average molecular weight is 250 g/mol. The van der Waals surface area contributed by atoms with E-state index >= 15 is 0 Å². The summed E-state index contributed by atoms with van der Waals surface area (Å²) in [5, 5.41) is 0. The maximum atomic E-state index is 12.4. The molecule has 3 heteroatoms. The van der Waals surface area contributed by atoms with Crippen molar-refractivity contribution in [2.45, 2.75) is 6.92 Å². The van der Waals surface area contributed by atoms with Crippen LogP contribution in [0.4, 0.5) is 0 Å². The Hall–Kier alpha value is -2.42. The zero-order valence-electron chi connectivity index (χ0n) is 10.9. The molecule has 0 radical (unpaired) electrons. The second kappa shape index (κ2) is 4.35. The summed E-state index contributed by atoms with van der Waals surface area (Å²) in [4.78, 5) is 17.0. The predicted molar refractivity (Wildman–Crippen MR) is 77.2 cm³/mol. The summed E-state index contributed by atoms with van der Waals surface area (Å²) in [6, 6.07) is 15.5. The van der Waals surface area contributed by atoms with E-state index in [0.29, 0.717) is 5.69 Å². The minimum Gasteiger partial charge on any atom is -0.308 e. The molecule has 1 heterocycles. The monoisotopic (exact) mass is 250 g/mol. The lowest BCUT2D eigenvalue weighted by Crippen LogP contribution is -2.21. The van der Waals surface area contributed by atoms with Gasteiger partial charge < -0.3 is 4.57 Å². The maximum Gasteiger partial charge on any atom is 0.277 e. The molecular weight excluding hydrogens is 236 g/mol. The van der Waals surface area contributed by atoms with Gasteiger partial charge in [0.1, 0.15) is 5.69 Å². The van der Waals surface area contributed by atoms with Gasteiger partial charge in [-0.3, -0.25) is 4.79 Å². The van der Waals surface area contributed by atoms with Crippen LogP contribution in [0, 0.1) is 6.92 Å². The van der Waals surface area contributed by atoms with Crippen LogP contribution in [0.2, 0.25) is 0 Å². The van der Waals surface area contributed by atoms with Crippen molar-refractivity contribution in [2.75, 3.05) is 0 Å². The molecule has 0 aliphatic rings. The highest BCUT2D eigenvalue weighted by atomic mass is 16.1. The first-order valence-corrected chi connectivity index (χ1v) is 6.20. The summed E-state index contributed by atoms with van der Waals surface area (Å²) >= 11 is 0. The van der Waals surface area contributed by atoms with Crippen molar-refractivity contribution >= 4 is 11.0 Å². The average Bonchev–Trinajstić information content (AvgIpc) is 2.44. The summed E-state index contributed by atoms with van der Waals surface area (Å²) in [6.07, 6.45) is 0. The first kappa shape index (κ1) is 11.7. The Balaban J connectivity index is 2.42. The van der Waals surface area contributed by atoms with Gasteiger partial charge in [-0.25, -0.2) is 4.98 Å². The molecule has 0 N–H and O–H groups in total. The molecule has 0 fully saturated rings. The van der Waals surface area contributed by atoms with E-state index in [1.54, 1.807) is 11.6 Å². The standard InChI is InChI=1S/C16H14N2O/c1-11-7-6-10-13-14(11)17-15(16(19)18(13)2)12-8-4-3-5-9-12/h3-10H,1-2H3. The van der Waals surface area contributed by atoms with Crippen LogP contribution in [-0.4, -0.2) is 9.55 Å². The third kappa shape index (κ3) is 1.83. The van der Waals surface area contributed by atoms with Crippen LogP contribution in [0.15, 0.2) is 53.3 Å². The number of para-hydroxylation sites is 1. The smallest absolute Gasteiger partial charge is 0.277 e. The van der Waals surface area contributed by atoms with Gasteiger partial charge in [0.25, 0.3) is 5.56 Å². The van der Waals surface area contributed by atoms with Crippen LogP contribution in [0.3, 0.4) is 0 Å². The second-order valence-corrected chi connectivity index (χ2v) is 4.63. The Kier molecular flexibility index (Phi) is 2.67. The zero-order chi connectivity index (χ0) is 13.4. The van der Waals surface area contributed by atoms with Gasteiger partial charge in [0.15, 0.2) is 0 Å².